The maximum absolute atomic E-state index is 11.2. The van der Waals surface area contributed by atoms with Gasteiger partial charge in [-0.1, -0.05) is 54.5 Å². The SMILES string of the molecule is CC#CC(CC(=O)O)c1ccc2c(c1)CCC(c1cccc(-c3c(C)cccc3C)c1)O2. The molecule has 1 N–H and O–H groups in total. The van der Waals surface area contributed by atoms with Gasteiger partial charge in [0, 0.05) is 0 Å². The van der Waals surface area contributed by atoms with Crippen LogP contribution in [0.4, 0.5) is 0 Å². The number of hydrogen-bond acceptors (Lipinski definition) is 2. The number of fused-ring (bicyclic) bond motifs is 1. The van der Waals surface area contributed by atoms with E-state index in [0.29, 0.717) is 0 Å². The van der Waals surface area contributed by atoms with Crippen molar-refractivity contribution in [3.05, 3.63) is 88.5 Å². The summed E-state index contributed by atoms with van der Waals surface area (Å²) in [5, 5.41) is 9.22. The highest BCUT2D eigenvalue weighted by molar-refractivity contribution is 5.71. The normalized spacial score (nSPS) is 15.7. The molecule has 0 spiro atoms. The lowest BCUT2D eigenvalue weighted by atomic mass is 9.90. The molecular formula is C29H28O3. The van der Waals surface area contributed by atoms with Crippen molar-refractivity contribution in [2.75, 3.05) is 0 Å². The fourth-order valence-electron chi connectivity index (χ4n) is 4.63. The lowest BCUT2D eigenvalue weighted by Crippen LogP contribution is -2.16. The van der Waals surface area contributed by atoms with E-state index in [1.54, 1.807) is 6.92 Å². The smallest absolute Gasteiger partial charge is 0.304 e. The van der Waals surface area contributed by atoms with Gasteiger partial charge >= 0.3 is 5.97 Å². The summed E-state index contributed by atoms with van der Waals surface area (Å²) < 4.78 is 6.39. The van der Waals surface area contributed by atoms with E-state index in [9.17, 15) is 9.90 Å². The topological polar surface area (TPSA) is 46.5 Å². The summed E-state index contributed by atoms with van der Waals surface area (Å²) in [6.45, 7) is 6.05. The first-order valence-electron chi connectivity index (χ1n) is 11.1. The highest BCUT2D eigenvalue weighted by Crippen LogP contribution is 2.38. The summed E-state index contributed by atoms with van der Waals surface area (Å²) in [6, 6.07) is 21.1. The predicted octanol–water partition coefficient (Wildman–Crippen LogP) is 6.62. The van der Waals surface area contributed by atoms with Crippen molar-refractivity contribution >= 4 is 5.97 Å². The van der Waals surface area contributed by atoms with Gasteiger partial charge in [0.25, 0.3) is 0 Å². The maximum Gasteiger partial charge on any atom is 0.304 e. The van der Waals surface area contributed by atoms with Gasteiger partial charge < -0.3 is 9.84 Å². The first-order chi connectivity index (χ1) is 15.5. The maximum atomic E-state index is 11.2. The van der Waals surface area contributed by atoms with Crippen LogP contribution in [0.3, 0.4) is 0 Å². The van der Waals surface area contributed by atoms with E-state index in [1.165, 1.54) is 27.8 Å². The molecule has 4 rings (SSSR count). The van der Waals surface area contributed by atoms with Gasteiger partial charge in [-0.15, -0.1) is 5.92 Å². The molecule has 3 aromatic rings. The molecule has 1 aliphatic heterocycles. The highest BCUT2D eigenvalue weighted by atomic mass is 16.5. The molecule has 2 unspecified atom stereocenters. The Morgan fingerprint density at radius 2 is 1.84 bits per heavy atom. The number of benzene rings is 3. The van der Waals surface area contributed by atoms with Gasteiger partial charge in [-0.05, 0) is 84.7 Å². The third-order valence-electron chi connectivity index (χ3n) is 6.16. The van der Waals surface area contributed by atoms with Crippen LogP contribution >= 0.6 is 0 Å². The van der Waals surface area contributed by atoms with E-state index in [4.69, 9.17) is 4.74 Å². The second-order valence-corrected chi connectivity index (χ2v) is 8.45. The monoisotopic (exact) mass is 424 g/mol. The van der Waals surface area contributed by atoms with Crippen molar-refractivity contribution in [3.8, 4) is 28.7 Å². The van der Waals surface area contributed by atoms with Gasteiger partial charge in [0.05, 0.1) is 12.3 Å². The Morgan fingerprint density at radius 3 is 2.56 bits per heavy atom. The average molecular weight is 425 g/mol. The van der Waals surface area contributed by atoms with Crippen LogP contribution in [0.2, 0.25) is 0 Å². The fraction of sp³-hybridized carbons (Fsp3) is 0.276. The molecule has 0 aliphatic carbocycles. The quantitative estimate of drug-likeness (QED) is 0.468. The summed E-state index contributed by atoms with van der Waals surface area (Å²) in [5.74, 6) is 5.63. The number of hydrogen-bond donors (Lipinski definition) is 1. The Labute approximate surface area is 190 Å². The van der Waals surface area contributed by atoms with E-state index in [1.807, 2.05) is 12.1 Å². The molecule has 162 valence electrons. The molecule has 3 aromatic carbocycles. The third-order valence-corrected chi connectivity index (χ3v) is 6.16. The molecule has 32 heavy (non-hydrogen) atoms. The van der Waals surface area contributed by atoms with Gasteiger partial charge in [-0.2, -0.15) is 0 Å². The summed E-state index contributed by atoms with van der Waals surface area (Å²) in [4.78, 5) is 11.2. The minimum absolute atomic E-state index is 0.00266. The first-order valence-corrected chi connectivity index (χ1v) is 11.1. The molecule has 0 saturated carbocycles. The van der Waals surface area contributed by atoms with Crippen LogP contribution < -0.4 is 4.74 Å². The Morgan fingerprint density at radius 1 is 1.09 bits per heavy atom. The number of carbonyl (C=O) groups is 1. The van der Waals surface area contributed by atoms with E-state index in [0.717, 1.165) is 29.7 Å². The molecule has 0 aromatic heterocycles. The van der Waals surface area contributed by atoms with Crippen LogP contribution in [0.5, 0.6) is 5.75 Å². The zero-order valence-electron chi connectivity index (χ0n) is 18.8. The largest absolute Gasteiger partial charge is 0.485 e. The first kappa shape index (κ1) is 21.7. The van der Waals surface area contributed by atoms with Crippen molar-refractivity contribution in [2.24, 2.45) is 0 Å². The number of ether oxygens (including phenoxy) is 1. The van der Waals surface area contributed by atoms with Crippen molar-refractivity contribution < 1.29 is 14.6 Å². The molecule has 2 atom stereocenters. The standard InChI is InChI=1S/C29H28O3/c1-4-7-21(18-28(30)31)22-12-14-27-24(16-22)13-15-26(32-27)23-10-6-11-25(17-23)29-19(2)8-5-9-20(29)3/h5-6,8-12,14,16-17,21,26H,13,15,18H2,1-3H3,(H,30,31). The van der Waals surface area contributed by atoms with Gasteiger partial charge in [0.2, 0.25) is 0 Å². The molecule has 0 bridgehead atoms. The summed E-state index contributed by atoms with van der Waals surface area (Å²) in [7, 11) is 0. The average Bonchev–Trinajstić information content (AvgIpc) is 2.78. The van der Waals surface area contributed by atoms with Crippen LogP contribution in [0.15, 0.2) is 60.7 Å². The van der Waals surface area contributed by atoms with E-state index in [-0.39, 0.29) is 18.4 Å². The van der Waals surface area contributed by atoms with Crippen LogP contribution in [0.1, 0.15) is 59.6 Å². The number of rotatable bonds is 5. The second kappa shape index (κ2) is 9.32. The molecule has 3 heteroatoms. The molecule has 1 aliphatic rings. The molecule has 0 saturated heterocycles. The number of carboxylic acids is 1. The molecule has 0 fully saturated rings. The fourth-order valence-corrected chi connectivity index (χ4v) is 4.63. The van der Waals surface area contributed by atoms with Gasteiger partial charge in [0.1, 0.15) is 11.9 Å². The van der Waals surface area contributed by atoms with Crippen LogP contribution in [-0.2, 0) is 11.2 Å². The number of carboxylic acid groups (broad SMARTS) is 1. The Bertz CT molecular complexity index is 1190. The van der Waals surface area contributed by atoms with Crippen molar-refractivity contribution in [1.29, 1.82) is 0 Å². The minimum Gasteiger partial charge on any atom is -0.485 e. The summed E-state index contributed by atoms with van der Waals surface area (Å²) >= 11 is 0. The highest BCUT2D eigenvalue weighted by Gasteiger charge is 2.23. The minimum atomic E-state index is -0.837. The zero-order valence-corrected chi connectivity index (χ0v) is 18.8. The molecule has 0 amide bonds. The molecule has 1 heterocycles. The lowest BCUT2D eigenvalue weighted by molar-refractivity contribution is -0.137. The Kier molecular flexibility index (Phi) is 6.32. The molecule has 3 nitrogen and oxygen atoms in total. The summed E-state index contributed by atoms with van der Waals surface area (Å²) in [6.07, 6.45) is 1.79. The second-order valence-electron chi connectivity index (χ2n) is 8.45. The Hall–Kier alpha value is -3.51. The number of aryl methyl sites for hydroxylation is 3. The Balaban J connectivity index is 1.59. The van der Waals surface area contributed by atoms with Crippen molar-refractivity contribution in [1.82, 2.24) is 0 Å². The van der Waals surface area contributed by atoms with Crippen LogP contribution in [-0.4, -0.2) is 11.1 Å². The third kappa shape index (κ3) is 4.55. The zero-order chi connectivity index (χ0) is 22.7. The summed E-state index contributed by atoms with van der Waals surface area (Å²) in [5.41, 5.74) is 8.30. The molecular weight excluding hydrogens is 396 g/mol. The van der Waals surface area contributed by atoms with Gasteiger partial charge in [0.15, 0.2) is 0 Å². The van der Waals surface area contributed by atoms with E-state index >= 15 is 0 Å². The van der Waals surface area contributed by atoms with E-state index < -0.39 is 5.97 Å². The van der Waals surface area contributed by atoms with Crippen LogP contribution in [0.25, 0.3) is 11.1 Å². The van der Waals surface area contributed by atoms with Crippen molar-refractivity contribution in [2.45, 2.75) is 52.1 Å². The predicted molar refractivity (Wildman–Crippen MR) is 128 cm³/mol. The molecule has 0 radical (unpaired) electrons. The van der Waals surface area contributed by atoms with Gasteiger partial charge in [-0.25, -0.2) is 0 Å². The lowest BCUT2D eigenvalue weighted by Gasteiger charge is -2.27. The van der Waals surface area contributed by atoms with Crippen molar-refractivity contribution in [3.63, 3.8) is 0 Å². The van der Waals surface area contributed by atoms with E-state index in [2.05, 4.69) is 74.2 Å². The number of aliphatic carboxylic acids is 1. The van der Waals surface area contributed by atoms with Crippen LogP contribution in [0, 0.1) is 25.7 Å². The van der Waals surface area contributed by atoms with Gasteiger partial charge in [-0.3, -0.25) is 4.79 Å².